The molecule has 3 heterocycles. The predicted molar refractivity (Wildman–Crippen MR) is 108 cm³/mol. The van der Waals surface area contributed by atoms with E-state index in [0.29, 0.717) is 5.92 Å². The minimum atomic E-state index is -0.385. The van der Waals surface area contributed by atoms with Crippen LogP contribution in [0.3, 0.4) is 0 Å². The van der Waals surface area contributed by atoms with Gasteiger partial charge in [0.2, 0.25) is 5.91 Å². The van der Waals surface area contributed by atoms with Crippen molar-refractivity contribution in [3.63, 3.8) is 0 Å². The molecule has 0 radical (unpaired) electrons. The molecule has 2 aromatic rings. The summed E-state index contributed by atoms with van der Waals surface area (Å²) < 4.78 is 2.05. The van der Waals surface area contributed by atoms with Crippen LogP contribution in [0.5, 0.6) is 0 Å². The smallest absolute Gasteiger partial charge is 0.217 e. The van der Waals surface area contributed by atoms with Crippen LogP contribution >= 0.6 is 0 Å². The second-order valence-electron chi connectivity index (χ2n) is 8.71. The Labute approximate surface area is 170 Å². The van der Waals surface area contributed by atoms with Crippen molar-refractivity contribution in [1.82, 2.24) is 24.8 Å². The van der Waals surface area contributed by atoms with Gasteiger partial charge in [-0.15, -0.1) is 0 Å². The van der Waals surface area contributed by atoms with Crippen molar-refractivity contribution >= 4 is 22.9 Å². The molecule has 29 heavy (non-hydrogen) atoms. The maximum atomic E-state index is 11.3. The molecule has 3 N–H and O–H groups in total. The molecule has 0 aromatic carbocycles. The molecule has 0 bridgehead atoms. The van der Waals surface area contributed by atoms with Crippen molar-refractivity contribution in [2.24, 2.45) is 11.3 Å². The Morgan fingerprint density at radius 1 is 1.24 bits per heavy atom. The summed E-state index contributed by atoms with van der Waals surface area (Å²) in [6, 6.07) is 0.363. The molecule has 9 heteroatoms. The largest absolute Gasteiger partial charge is 0.396 e. The number of anilines is 1. The summed E-state index contributed by atoms with van der Waals surface area (Å²) in [4.78, 5) is 27.2. The van der Waals surface area contributed by atoms with Gasteiger partial charge in [-0.1, -0.05) is 0 Å². The number of amides is 1. The second-order valence-corrected chi connectivity index (χ2v) is 8.71. The standard InChI is InChI=1S/C20H30N6O3/c1-13(24-14(2)29)15-3-5-25(6-4-15)18-17-19(22-11-21-18)26(12-23-17)16-7-20(8-16,9-27)10-28/h11-13,15-16,27-28H,3-10H2,1-2H3,(H,24,29). The number of nitrogens with zero attached hydrogens (tertiary/aromatic N) is 5. The number of rotatable bonds is 6. The third kappa shape index (κ3) is 3.69. The summed E-state index contributed by atoms with van der Waals surface area (Å²) in [5.74, 6) is 1.34. The summed E-state index contributed by atoms with van der Waals surface area (Å²) >= 11 is 0. The highest BCUT2D eigenvalue weighted by molar-refractivity contribution is 5.83. The van der Waals surface area contributed by atoms with Gasteiger partial charge in [0.05, 0.1) is 19.5 Å². The minimum absolute atomic E-state index is 0.00127. The first kappa shape index (κ1) is 20.0. The van der Waals surface area contributed by atoms with Crippen LogP contribution in [0.2, 0.25) is 0 Å². The number of fused-ring (bicyclic) bond motifs is 1. The number of hydrogen-bond donors (Lipinski definition) is 3. The van der Waals surface area contributed by atoms with E-state index < -0.39 is 0 Å². The number of hydrogen-bond acceptors (Lipinski definition) is 7. The molecule has 4 rings (SSSR count). The van der Waals surface area contributed by atoms with Crippen molar-refractivity contribution < 1.29 is 15.0 Å². The Hall–Kier alpha value is -2.26. The SMILES string of the molecule is CC(=O)NC(C)C1CCN(c2ncnc3c2ncn3C2CC(CO)(CO)C2)CC1. The molecule has 1 atom stereocenters. The highest BCUT2D eigenvalue weighted by Gasteiger charge is 2.45. The molecule has 1 aliphatic carbocycles. The van der Waals surface area contributed by atoms with Crippen LogP contribution in [0, 0.1) is 11.3 Å². The van der Waals surface area contributed by atoms with Crippen molar-refractivity contribution in [3.8, 4) is 0 Å². The highest BCUT2D eigenvalue weighted by atomic mass is 16.3. The third-order valence-electron chi connectivity index (χ3n) is 6.72. The van der Waals surface area contributed by atoms with Gasteiger partial charge in [0, 0.05) is 37.5 Å². The first-order chi connectivity index (χ1) is 14.0. The zero-order valence-corrected chi connectivity index (χ0v) is 17.1. The Bertz CT molecular complexity index is 864. The Morgan fingerprint density at radius 3 is 2.55 bits per heavy atom. The normalized spacial score (nSPS) is 21.2. The first-order valence-corrected chi connectivity index (χ1v) is 10.4. The van der Waals surface area contributed by atoms with Crippen molar-refractivity contribution in [3.05, 3.63) is 12.7 Å². The number of carbonyl (C=O) groups excluding carboxylic acids is 1. The highest BCUT2D eigenvalue weighted by Crippen LogP contribution is 2.48. The lowest BCUT2D eigenvalue weighted by Crippen LogP contribution is -2.44. The number of piperidine rings is 1. The van der Waals surface area contributed by atoms with Crippen LogP contribution < -0.4 is 10.2 Å². The van der Waals surface area contributed by atoms with E-state index in [2.05, 4.69) is 36.7 Å². The van der Waals surface area contributed by atoms with E-state index in [1.54, 1.807) is 19.6 Å². The van der Waals surface area contributed by atoms with Gasteiger partial charge in [0.15, 0.2) is 17.0 Å². The van der Waals surface area contributed by atoms with Crippen molar-refractivity contribution in [2.75, 3.05) is 31.2 Å². The lowest BCUT2D eigenvalue weighted by atomic mass is 9.66. The molecule has 2 aromatic heterocycles. The van der Waals surface area contributed by atoms with Crippen molar-refractivity contribution in [2.45, 2.75) is 51.6 Å². The number of carbonyl (C=O) groups is 1. The molecule has 0 spiro atoms. The van der Waals surface area contributed by atoms with Gasteiger partial charge < -0.3 is 25.0 Å². The van der Waals surface area contributed by atoms with E-state index in [9.17, 15) is 15.0 Å². The molecule has 2 aliphatic rings. The first-order valence-electron chi connectivity index (χ1n) is 10.4. The average molecular weight is 402 g/mol. The maximum Gasteiger partial charge on any atom is 0.217 e. The Balaban J connectivity index is 1.48. The fourth-order valence-corrected chi connectivity index (χ4v) is 4.83. The fraction of sp³-hybridized carbons (Fsp3) is 0.700. The molecule has 9 nitrogen and oxygen atoms in total. The van der Waals surface area contributed by atoms with Gasteiger partial charge >= 0.3 is 0 Å². The summed E-state index contributed by atoms with van der Waals surface area (Å²) in [5.41, 5.74) is 1.22. The lowest BCUT2D eigenvalue weighted by molar-refractivity contribution is -0.119. The lowest BCUT2D eigenvalue weighted by Gasteiger charge is -2.45. The zero-order valence-electron chi connectivity index (χ0n) is 17.1. The van der Waals surface area contributed by atoms with E-state index in [1.807, 2.05) is 0 Å². The Kier molecular flexibility index (Phi) is 5.44. The van der Waals surface area contributed by atoms with Crippen LogP contribution in [-0.2, 0) is 4.79 Å². The zero-order chi connectivity index (χ0) is 20.6. The fourth-order valence-electron chi connectivity index (χ4n) is 4.83. The molecular weight excluding hydrogens is 372 g/mol. The quantitative estimate of drug-likeness (QED) is 0.656. The third-order valence-corrected chi connectivity index (χ3v) is 6.72. The topological polar surface area (TPSA) is 116 Å². The van der Waals surface area contributed by atoms with Crippen LogP contribution in [0.15, 0.2) is 12.7 Å². The molecule has 1 aliphatic heterocycles. The van der Waals surface area contributed by atoms with Gasteiger partial charge in [-0.3, -0.25) is 4.79 Å². The second kappa shape index (κ2) is 7.87. The average Bonchev–Trinajstić information content (AvgIpc) is 3.12. The van der Waals surface area contributed by atoms with Crippen LogP contribution in [-0.4, -0.2) is 68.0 Å². The van der Waals surface area contributed by atoms with Gasteiger partial charge in [0.1, 0.15) is 6.33 Å². The molecule has 158 valence electrons. The van der Waals surface area contributed by atoms with E-state index in [4.69, 9.17) is 0 Å². The number of aromatic nitrogens is 4. The molecule has 1 amide bonds. The summed E-state index contributed by atoms with van der Waals surface area (Å²) in [5, 5.41) is 22.1. The summed E-state index contributed by atoms with van der Waals surface area (Å²) in [6.07, 6.45) is 6.82. The van der Waals surface area contributed by atoms with Gasteiger partial charge in [-0.05, 0) is 38.5 Å². The number of aliphatic hydroxyl groups is 2. The summed E-state index contributed by atoms with van der Waals surface area (Å²) in [6.45, 7) is 5.37. The number of imidazole rings is 1. The number of aliphatic hydroxyl groups excluding tert-OH is 2. The van der Waals surface area contributed by atoms with Crippen LogP contribution in [0.4, 0.5) is 5.82 Å². The van der Waals surface area contributed by atoms with Crippen LogP contribution in [0.1, 0.15) is 45.6 Å². The molecule has 1 saturated heterocycles. The van der Waals surface area contributed by atoms with E-state index in [1.165, 1.54) is 0 Å². The van der Waals surface area contributed by atoms with Gasteiger partial charge in [-0.2, -0.15) is 0 Å². The molecule has 1 saturated carbocycles. The van der Waals surface area contributed by atoms with E-state index in [0.717, 1.165) is 55.8 Å². The molecule has 2 fully saturated rings. The Morgan fingerprint density at radius 2 is 1.93 bits per heavy atom. The molecular formula is C20H30N6O3. The predicted octanol–water partition coefficient (Wildman–Crippen LogP) is 0.873. The molecule has 1 unspecified atom stereocenters. The minimum Gasteiger partial charge on any atom is -0.396 e. The van der Waals surface area contributed by atoms with Gasteiger partial charge in [0.25, 0.3) is 0 Å². The van der Waals surface area contributed by atoms with Crippen LogP contribution in [0.25, 0.3) is 11.2 Å². The number of nitrogens with one attached hydrogen (secondary N) is 1. The van der Waals surface area contributed by atoms with Crippen molar-refractivity contribution in [1.29, 1.82) is 0 Å². The van der Waals surface area contributed by atoms with E-state index >= 15 is 0 Å². The van der Waals surface area contributed by atoms with E-state index in [-0.39, 0.29) is 36.6 Å². The monoisotopic (exact) mass is 402 g/mol. The maximum absolute atomic E-state index is 11.3. The van der Waals surface area contributed by atoms with Gasteiger partial charge in [-0.25, -0.2) is 15.0 Å². The summed E-state index contributed by atoms with van der Waals surface area (Å²) in [7, 11) is 0.